The molecular weight excluding hydrogens is 436 g/mol. The van der Waals surface area contributed by atoms with E-state index in [4.69, 9.17) is 18.9 Å². The van der Waals surface area contributed by atoms with Crippen LogP contribution in [0, 0.1) is 0 Å². The number of ether oxygens (including phenoxy) is 4. The van der Waals surface area contributed by atoms with E-state index in [1.54, 1.807) is 30.3 Å². The Hall–Kier alpha value is -3.08. The molecule has 0 saturated carbocycles. The third-order valence-corrected chi connectivity index (χ3v) is 6.76. The second-order valence-corrected chi connectivity index (χ2v) is 8.76. The van der Waals surface area contributed by atoms with Crippen molar-refractivity contribution in [1.29, 1.82) is 0 Å². The Kier molecular flexibility index (Phi) is 7.73. The van der Waals surface area contributed by atoms with Crippen molar-refractivity contribution in [2.45, 2.75) is 4.90 Å². The van der Waals surface area contributed by atoms with Crippen LogP contribution in [-0.4, -0.2) is 66.3 Å². The Morgan fingerprint density at radius 1 is 1.00 bits per heavy atom. The number of hydrogen-bond donors (Lipinski definition) is 1. The monoisotopic (exact) mass is 462 g/mol. The fraction of sp³-hybridized carbons (Fsp3) is 0.318. The Labute approximate surface area is 187 Å². The summed E-state index contributed by atoms with van der Waals surface area (Å²) in [6, 6.07) is 9.50. The second-order valence-electron chi connectivity index (χ2n) is 6.82. The minimum atomic E-state index is -3.58. The van der Waals surface area contributed by atoms with E-state index in [0.717, 1.165) is 0 Å². The van der Waals surface area contributed by atoms with Crippen LogP contribution < -0.4 is 19.5 Å². The minimum absolute atomic E-state index is 0.172. The molecule has 1 aliphatic rings. The molecule has 172 valence electrons. The number of nitrogens with zero attached hydrogens (tertiary/aromatic N) is 1. The average molecular weight is 463 g/mol. The van der Waals surface area contributed by atoms with Crippen molar-refractivity contribution in [2.24, 2.45) is 0 Å². The van der Waals surface area contributed by atoms with Gasteiger partial charge < -0.3 is 24.3 Å². The van der Waals surface area contributed by atoms with Crippen molar-refractivity contribution in [2.75, 3.05) is 52.9 Å². The van der Waals surface area contributed by atoms with E-state index in [2.05, 4.69) is 5.32 Å². The van der Waals surface area contributed by atoms with Crippen LogP contribution in [0.3, 0.4) is 0 Å². The fourth-order valence-electron chi connectivity index (χ4n) is 3.20. The summed E-state index contributed by atoms with van der Waals surface area (Å²) >= 11 is 0. The van der Waals surface area contributed by atoms with E-state index in [-0.39, 0.29) is 10.8 Å². The van der Waals surface area contributed by atoms with Crippen LogP contribution in [0.5, 0.6) is 17.2 Å². The van der Waals surface area contributed by atoms with Gasteiger partial charge in [0.2, 0.25) is 21.7 Å². The fourth-order valence-corrected chi connectivity index (χ4v) is 4.61. The van der Waals surface area contributed by atoms with Gasteiger partial charge in [-0.2, -0.15) is 4.31 Å². The van der Waals surface area contributed by atoms with Crippen molar-refractivity contribution in [3.63, 3.8) is 0 Å². The number of carbonyl (C=O) groups is 1. The Morgan fingerprint density at radius 3 is 2.12 bits per heavy atom. The minimum Gasteiger partial charge on any atom is -0.493 e. The molecule has 0 atom stereocenters. The van der Waals surface area contributed by atoms with E-state index in [1.807, 2.05) is 0 Å². The normalized spacial score (nSPS) is 14.8. The topological polar surface area (TPSA) is 103 Å². The standard InChI is InChI=1S/C22H26N2O7S/c1-28-19-14-16(15-20(29-2)22(19)30-3)4-9-21(25)23-17-5-7-18(8-6-17)32(26,27)24-10-12-31-13-11-24/h4-9,14-15H,10-13H2,1-3H3,(H,23,25). The summed E-state index contributed by atoms with van der Waals surface area (Å²) in [6.45, 7) is 1.41. The first-order valence-electron chi connectivity index (χ1n) is 9.86. The molecule has 0 spiro atoms. The lowest BCUT2D eigenvalue weighted by atomic mass is 10.1. The van der Waals surface area contributed by atoms with Gasteiger partial charge in [0.15, 0.2) is 11.5 Å². The number of methoxy groups -OCH3 is 3. The maximum Gasteiger partial charge on any atom is 0.248 e. The summed E-state index contributed by atoms with van der Waals surface area (Å²) < 4.78 is 47.8. The van der Waals surface area contributed by atoms with Crippen LogP contribution in [0.25, 0.3) is 6.08 Å². The van der Waals surface area contributed by atoms with Crippen molar-refractivity contribution < 1.29 is 32.2 Å². The molecule has 1 N–H and O–H groups in total. The number of nitrogens with one attached hydrogen (secondary N) is 1. The maximum absolute atomic E-state index is 12.7. The lowest BCUT2D eigenvalue weighted by Gasteiger charge is -2.26. The van der Waals surface area contributed by atoms with E-state index < -0.39 is 10.0 Å². The molecule has 0 unspecified atom stereocenters. The molecule has 1 saturated heterocycles. The maximum atomic E-state index is 12.7. The molecule has 2 aromatic carbocycles. The highest BCUT2D eigenvalue weighted by Crippen LogP contribution is 2.38. The van der Waals surface area contributed by atoms with Gasteiger partial charge in [0, 0.05) is 24.9 Å². The number of sulfonamides is 1. The molecule has 32 heavy (non-hydrogen) atoms. The zero-order valence-corrected chi connectivity index (χ0v) is 19.0. The molecule has 0 aliphatic carbocycles. The SMILES string of the molecule is COc1cc(C=CC(=O)Nc2ccc(S(=O)(=O)N3CCOCC3)cc2)cc(OC)c1OC. The number of anilines is 1. The van der Waals surface area contributed by atoms with E-state index >= 15 is 0 Å². The van der Waals surface area contributed by atoms with Crippen LogP contribution in [-0.2, 0) is 19.6 Å². The highest BCUT2D eigenvalue weighted by Gasteiger charge is 2.26. The summed E-state index contributed by atoms with van der Waals surface area (Å²) in [7, 11) is 0.963. The Morgan fingerprint density at radius 2 is 1.59 bits per heavy atom. The number of benzene rings is 2. The van der Waals surface area contributed by atoms with Crippen LogP contribution in [0.15, 0.2) is 47.4 Å². The summed E-state index contributed by atoms with van der Waals surface area (Å²) in [5.74, 6) is 1.04. The Bertz CT molecular complexity index is 1050. The molecule has 1 amide bonds. The van der Waals surface area contributed by atoms with Crippen molar-refractivity contribution in [1.82, 2.24) is 4.31 Å². The van der Waals surface area contributed by atoms with E-state index in [1.165, 1.54) is 43.8 Å². The van der Waals surface area contributed by atoms with E-state index in [9.17, 15) is 13.2 Å². The van der Waals surface area contributed by atoms with Gasteiger partial charge >= 0.3 is 0 Å². The number of morpholine rings is 1. The molecule has 10 heteroatoms. The molecule has 0 aromatic heterocycles. The average Bonchev–Trinajstić information content (AvgIpc) is 2.82. The summed E-state index contributed by atoms with van der Waals surface area (Å²) in [4.78, 5) is 12.5. The lowest BCUT2D eigenvalue weighted by Crippen LogP contribution is -2.40. The molecular formula is C22H26N2O7S. The second kappa shape index (κ2) is 10.5. The molecule has 1 aliphatic heterocycles. The third kappa shape index (κ3) is 5.39. The highest BCUT2D eigenvalue weighted by molar-refractivity contribution is 7.89. The van der Waals surface area contributed by atoms with Crippen molar-refractivity contribution in [3.05, 3.63) is 48.0 Å². The molecule has 3 rings (SSSR count). The van der Waals surface area contributed by atoms with Gasteiger partial charge in [0.05, 0.1) is 39.4 Å². The number of carbonyl (C=O) groups excluding carboxylic acids is 1. The number of amides is 1. The summed E-state index contributed by atoms with van der Waals surface area (Å²) in [5.41, 5.74) is 1.16. The van der Waals surface area contributed by atoms with Crippen LogP contribution in [0.2, 0.25) is 0 Å². The number of hydrogen-bond acceptors (Lipinski definition) is 7. The van der Waals surface area contributed by atoms with Crippen LogP contribution >= 0.6 is 0 Å². The van der Waals surface area contributed by atoms with Crippen LogP contribution in [0.4, 0.5) is 5.69 Å². The summed E-state index contributed by atoms with van der Waals surface area (Å²) in [6.07, 6.45) is 2.97. The van der Waals surface area contributed by atoms with Gasteiger partial charge in [-0.05, 0) is 48.0 Å². The van der Waals surface area contributed by atoms with Crippen LogP contribution in [0.1, 0.15) is 5.56 Å². The molecule has 2 aromatic rings. The predicted octanol–water partition coefficient (Wildman–Crippen LogP) is 2.39. The molecule has 0 bridgehead atoms. The van der Waals surface area contributed by atoms with Crippen molar-refractivity contribution in [3.8, 4) is 17.2 Å². The first-order valence-corrected chi connectivity index (χ1v) is 11.3. The van der Waals surface area contributed by atoms with Gasteiger partial charge in [-0.15, -0.1) is 0 Å². The zero-order valence-electron chi connectivity index (χ0n) is 18.2. The predicted molar refractivity (Wildman–Crippen MR) is 120 cm³/mol. The first kappa shape index (κ1) is 23.6. The molecule has 9 nitrogen and oxygen atoms in total. The van der Waals surface area contributed by atoms with Crippen molar-refractivity contribution >= 4 is 27.7 Å². The smallest absolute Gasteiger partial charge is 0.248 e. The lowest BCUT2D eigenvalue weighted by molar-refractivity contribution is -0.111. The first-order chi connectivity index (χ1) is 15.4. The Balaban J connectivity index is 1.68. The zero-order chi connectivity index (χ0) is 23.1. The summed E-state index contributed by atoms with van der Waals surface area (Å²) in [5, 5.41) is 2.71. The molecule has 1 fully saturated rings. The van der Waals surface area contributed by atoms with Gasteiger partial charge in [0.25, 0.3) is 0 Å². The van der Waals surface area contributed by atoms with Gasteiger partial charge in [-0.3, -0.25) is 4.79 Å². The largest absolute Gasteiger partial charge is 0.493 e. The third-order valence-electron chi connectivity index (χ3n) is 4.84. The quantitative estimate of drug-likeness (QED) is 0.601. The highest BCUT2D eigenvalue weighted by atomic mass is 32.2. The van der Waals surface area contributed by atoms with Gasteiger partial charge in [-0.1, -0.05) is 0 Å². The number of rotatable bonds is 8. The van der Waals surface area contributed by atoms with Gasteiger partial charge in [0.1, 0.15) is 0 Å². The molecule has 1 heterocycles. The van der Waals surface area contributed by atoms with E-state index in [0.29, 0.717) is 54.8 Å². The van der Waals surface area contributed by atoms with Gasteiger partial charge in [-0.25, -0.2) is 8.42 Å². The molecule has 0 radical (unpaired) electrons.